The number of carbonyl (C=O) groups is 6. The second-order valence-corrected chi connectivity index (χ2v) is 18.5. The van der Waals surface area contributed by atoms with Gasteiger partial charge in [0.15, 0.2) is 11.7 Å². The smallest absolute Gasteiger partial charge is 0.244 e. The molecule has 3 aliphatic rings. The first-order valence-corrected chi connectivity index (χ1v) is 22.3. The van der Waals surface area contributed by atoms with Crippen LogP contribution < -0.4 is 33.2 Å². The van der Waals surface area contributed by atoms with E-state index in [4.69, 9.17) is 17.2 Å². The van der Waals surface area contributed by atoms with E-state index in [0.717, 1.165) is 55.4 Å². The van der Waals surface area contributed by atoms with Crippen LogP contribution in [0.25, 0.3) is 0 Å². The molecule has 56 heavy (non-hydrogen) atoms. The predicted octanol–water partition coefficient (Wildman–Crippen LogP) is 2.74. The zero-order valence-electron chi connectivity index (χ0n) is 33.2. The van der Waals surface area contributed by atoms with E-state index < -0.39 is 53.2 Å². The summed E-state index contributed by atoms with van der Waals surface area (Å²) in [5.41, 5.74) is 18.1. The van der Waals surface area contributed by atoms with Gasteiger partial charge in [0, 0.05) is 54.9 Å². The van der Waals surface area contributed by atoms with Gasteiger partial charge >= 0.3 is 0 Å². The summed E-state index contributed by atoms with van der Waals surface area (Å²) in [5, 5.41) is 8.59. The Morgan fingerprint density at radius 2 is 1.66 bits per heavy atom. The predicted molar refractivity (Wildman–Crippen MR) is 222 cm³/mol. The van der Waals surface area contributed by atoms with Gasteiger partial charge in [0.1, 0.15) is 18.1 Å². The topological polar surface area (TPSA) is 232 Å². The number of aliphatic imine (C=N–C) groups is 1. The molecular formula is C40H62N8O6S2. The number of nitrogens with one attached hydrogen (secondary N) is 3. The zero-order chi connectivity index (χ0) is 40.8. The molecule has 1 aliphatic carbocycles. The number of fused-ring (bicyclic) bond motifs is 3. The van der Waals surface area contributed by atoms with Crippen molar-refractivity contribution < 1.29 is 28.8 Å². The molecule has 0 radical (unpaired) electrons. The molecule has 5 atom stereocenters. The SMILES string of the molecule is CC(C)(C)[C@H](NC(=O)[C@H](CCCN=C(N)N)NC(=O)[C@@H]1CSCc2cccc(c2)CSCCC(=O)N2CCC[C@H]2C(=O)CC(C2CCCCC2)C(=O)N1)C(N)=O. The highest BCUT2D eigenvalue weighted by molar-refractivity contribution is 7.98. The second-order valence-electron chi connectivity index (χ2n) is 16.3. The number of ketones is 1. The van der Waals surface area contributed by atoms with Gasteiger partial charge in [0.05, 0.1) is 6.04 Å². The Morgan fingerprint density at radius 1 is 0.964 bits per heavy atom. The molecule has 1 aromatic rings. The number of thioether (sulfide) groups is 2. The molecule has 4 rings (SSSR count). The van der Waals surface area contributed by atoms with Crippen LogP contribution in [0.1, 0.15) is 103 Å². The number of guanidine groups is 1. The van der Waals surface area contributed by atoms with Gasteiger partial charge in [-0.15, -0.1) is 0 Å². The number of carbonyl (C=O) groups excluding carboxylic acids is 6. The van der Waals surface area contributed by atoms with Crippen LogP contribution in [0.3, 0.4) is 0 Å². The summed E-state index contributed by atoms with van der Waals surface area (Å²) in [6.45, 7) is 6.05. The monoisotopic (exact) mass is 814 g/mol. The van der Waals surface area contributed by atoms with Gasteiger partial charge in [-0.05, 0) is 61.0 Å². The third-order valence-corrected chi connectivity index (χ3v) is 13.0. The Hall–Kier alpha value is -3.79. The summed E-state index contributed by atoms with van der Waals surface area (Å²) in [7, 11) is 0. The molecule has 1 saturated carbocycles. The molecule has 5 amide bonds. The standard InChI is InChI=1S/C40H62N8O6S2/c1-40(2,3)34(35(41)51)47-37(53)29(14-8-17-44-39(42)43)45-38(54)30-24-56-23-26-11-7-10-25(20-26)22-55-19-16-33(50)48-18-9-15-31(48)32(49)21-28(36(52)46-30)27-12-5-4-6-13-27/h7,10-11,20,27-31,34H,4-6,8-9,12-19,21-24H2,1-3H3,(H2,41,51)(H,45,54)(H,46,52)(H,47,53)(H4,42,43,44)/t28?,29-,30-,31-,34+/m0/s1. The van der Waals surface area contributed by atoms with Crippen molar-refractivity contribution in [2.24, 2.45) is 39.4 Å². The minimum atomic E-state index is -1.10. The molecule has 9 N–H and O–H groups in total. The third-order valence-electron chi connectivity index (χ3n) is 10.8. The molecule has 1 saturated heterocycles. The van der Waals surface area contributed by atoms with Gasteiger partial charge in [0.2, 0.25) is 29.5 Å². The van der Waals surface area contributed by atoms with Crippen molar-refractivity contribution in [3.05, 3.63) is 35.4 Å². The molecule has 2 heterocycles. The molecule has 1 unspecified atom stereocenters. The summed E-state index contributed by atoms with van der Waals surface area (Å²) in [6, 6.07) is 4.43. The number of rotatable bonds is 10. The van der Waals surface area contributed by atoms with Crippen molar-refractivity contribution in [1.29, 1.82) is 0 Å². The molecule has 0 aromatic heterocycles. The first-order valence-electron chi connectivity index (χ1n) is 19.9. The summed E-state index contributed by atoms with van der Waals surface area (Å²) >= 11 is 3.16. The van der Waals surface area contributed by atoms with Gasteiger partial charge in [-0.1, -0.05) is 64.3 Å². The largest absolute Gasteiger partial charge is 0.370 e. The fraction of sp³-hybridized carbons (Fsp3) is 0.675. The highest BCUT2D eigenvalue weighted by Gasteiger charge is 2.40. The lowest BCUT2D eigenvalue weighted by Gasteiger charge is -2.32. The van der Waals surface area contributed by atoms with E-state index in [0.29, 0.717) is 37.3 Å². The second kappa shape index (κ2) is 21.7. The Kier molecular flexibility index (Phi) is 17.4. The molecule has 310 valence electrons. The first-order chi connectivity index (χ1) is 26.6. The summed E-state index contributed by atoms with van der Waals surface area (Å²) in [6.07, 6.45) is 6.67. The van der Waals surface area contributed by atoms with E-state index in [1.807, 2.05) is 18.2 Å². The Labute approximate surface area is 339 Å². The highest BCUT2D eigenvalue weighted by atomic mass is 32.2. The van der Waals surface area contributed by atoms with Gasteiger partial charge in [-0.2, -0.15) is 23.5 Å². The van der Waals surface area contributed by atoms with Gasteiger partial charge in [-0.3, -0.25) is 33.8 Å². The van der Waals surface area contributed by atoms with Crippen LogP contribution in [0, 0.1) is 17.3 Å². The van der Waals surface area contributed by atoms with E-state index in [2.05, 4.69) is 27.0 Å². The number of nitrogens with two attached hydrogens (primary N) is 3. The van der Waals surface area contributed by atoms with Crippen LogP contribution in [-0.2, 0) is 40.3 Å². The number of primary amides is 1. The number of benzene rings is 1. The number of nitrogens with zero attached hydrogens (tertiary/aromatic N) is 2. The number of amides is 5. The Morgan fingerprint density at radius 3 is 2.32 bits per heavy atom. The van der Waals surface area contributed by atoms with E-state index in [1.54, 1.807) is 37.4 Å². The normalized spacial score (nSPS) is 23.3. The lowest BCUT2D eigenvalue weighted by Crippen LogP contribution is -2.59. The number of Topliss-reactive ketones (excluding diaryl/α,β-unsaturated/α-hetero) is 1. The van der Waals surface area contributed by atoms with Crippen LogP contribution in [-0.4, -0.2) is 94.9 Å². The average molecular weight is 815 g/mol. The van der Waals surface area contributed by atoms with E-state index in [-0.39, 0.29) is 54.6 Å². The van der Waals surface area contributed by atoms with Gasteiger partial charge in [-0.25, -0.2) is 0 Å². The van der Waals surface area contributed by atoms with Crippen LogP contribution >= 0.6 is 23.5 Å². The lowest BCUT2D eigenvalue weighted by atomic mass is 9.76. The van der Waals surface area contributed by atoms with Crippen molar-refractivity contribution in [2.75, 3.05) is 24.6 Å². The number of hydrogen-bond donors (Lipinski definition) is 6. The van der Waals surface area contributed by atoms with Crippen molar-refractivity contribution >= 4 is 64.8 Å². The van der Waals surface area contributed by atoms with Crippen LogP contribution in [0.5, 0.6) is 0 Å². The highest BCUT2D eigenvalue weighted by Crippen LogP contribution is 2.34. The summed E-state index contributed by atoms with van der Waals surface area (Å²) in [4.78, 5) is 88.0. The van der Waals surface area contributed by atoms with Crippen molar-refractivity contribution in [2.45, 2.75) is 127 Å². The molecular weight excluding hydrogens is 753 g/mol. The summed E-state index contributed by atoms with van der Waals surface area (Å²) in [5.74, 6) is -1.10. The molecule has 2 bridgehead atoms. The van der Waals surface area contributed by atoms with Crippen molar-refractivity contribution in [1.82, 2.24) is 20.9 Å². The van der Waals surface area contributed by atoms with E-state index >= 15 is 0 Å². The first kappa shape index (κ1) is 44.9. The van der Waals surface area contributed by atoms with Crippen molar-refractivity contribution in [3.8, 4) is 0 Å². The molecule has 16 heteroatoms. The molecule has 0 spiro atoms. The van der Waals surface area contributed by atoms with E-state index in [9.17, 15) is 28.8 Å². The minimum Gasteiger partial charge on any atom is -0.370 e. The fourth-order valence-electron chi connectivity index (χ4n) is 7.82. The molecule has 1 aromatic carbocycles. The van der Waals surface area contributed by atoms with Crippen LogP contribution in [0.2, 0.25) is 0 Å². The molecule has 2 aliphatic heterocycles. The van der Waals surface area contributed by atoms with E-state index in [1.165, 1.54) is 11.8 Å². The fourth-order valence-corrected chi connectivity index (χ4v) is 9.71. The zero-order valence-corrected chi connectivity index (χ0v) is 34.8. The maximum absolute atomic E-state index is 14.4. The third kappa shape index (κ3) is 13.7. The summed E-state index contributed by atoms with van der Waals surface area (Å²) < 4.78 is 0. The maximum Gasteiger partial charge on any atom is 0.244 e. The molecule has 14 nitrogen and oxygen atoms in total. The van der Waals surface area contributed by atoms with Crippen LogP contribution in [0.15, 0.2) is 29.3 Å². The minimum absolute atomic E-state index is 0.00978. The van der Waals surface area contributed by atoms with Gasteiger partial charge in [0.25, 0.3) is 0 Å². The quantitative estimate of drug-likeness (QED) is 0.115. The average Bonchev–Trinajstić information content (AvgIpc) is 3.65. The number of hydrogen-bond acceptors (Lipinski definition) is 9. The van der Waals surface area contributed by atoms with Crippen molar-refractivity contribution in [3.63, 3.8) is 0 Å². The Bertz CT molecular complexity index is 1580. The lowest BCUT2D eigenvalue weighted by molar-refractivity contribution is -0.140. The molecule has 2 fully saturated rings. The van der Waals surface area contributed by atoms with Crippen LogP contribution in [0.4, 0.5) is 0 Å². The van der Waals surface area contributed by atoms with Gasteiger partial charge < -0.3 is 38.1 Å². The Balaban J connectivity index is 1.64. The maximum atomic E-state index is 14.4.